The Kier molecular flexibility index (Phi) is 9.57. The van der Waals surface area contributed by atoms with Gasteiger partial charge in [0.2, 0.25) is 15.9 Å². The van der Waals surface area contributed by atoms with Crippen molar-refractivity contribution in [2.45, 2.75) is 24.8 Å². The van der Waals surface area contributed by atoms with Gasteiger partial charge in [0.25, 0.3) is 5.69 Å². The zero-order valence-corrected chi connectivity index (χ0v) is 15.9. The molecule has 0 saturated heterocycles. The van der Waals surface area contributed by atoms with Crippen LogP contribution in [0.3, 0.4) is 0 Å². The van der Waals surface area contributed by atoms with Crippen LogP contribution in [-0.4, -0.2) is 56.3 Å². The summed E-state index contributed by atoms with van der Waals surface area (Å²) in [4.78, 5) is 21.7. The molecule has 0 aliphatic rings. The first-order chi connectivity index (χ1) is 11.2. The van der Waals surface area contributed by atoms with Gasteiger partial charge >= 0.3 is 0 Å². The third-order valence-electron chi connectivity index (χ3n) is 3.26. The van der Waals surface area contributed by atoms with Crippen molar-refractivity contribution in [3.63, 3.8) is 0 Å². The van der Waals surface area contributed by atoms with E-state index >= 15 is 0 Å². The highest BCUT2D eigenvalue weighted by atomic mass is 35.5. The Labute approximate surface area is 153 Å². The van der Waals surface area contributed by atoms with Gasteiger partial charge in [0, 0.05) is 31.8 Å². The van der Waals surface area contributed by atoms with Crippen LogP contribution < -0.4 is 10.6 Å². The fourth-order valence-electron chi connectivity index (χ4n) is 1.97. The topological polar surface area (TPSA) is 122 Å². The average Bonchev–Trinajstić information content (AvgIpc) is 2.53. The number of nitro groups is 1. The van der Waals surface area contributed by atoms with Crippen LogP contribution in [0, 0.1) is 10.1 Å². The molecule has 0 bridgehead atoms. The highest BCUT2D eigenvalue weighted by molar-refractivity contribution is 7.89. The molecule has 1 rings (SSSR count). The molecule has 1 amide bonds. The number of sulfonamides is 1. The van der Waals surface area contributed by atoms with E-state index in [0.29, 0.717) is 6.54 Å². The molecule has 0 saturated carbocycles. The van der Waals surface area contributed by atoms with E-state index in [1.807, 2.05) is 13.8 Å². The summed E-state index contributed by atoms with van der Waals surface area (Å²) in [6, 6.07) is 4.78. The Balaban J connectivity index is 0.00000576. The van der Waals surface area contributed by atoms with Crippen molar-refractivity contribution < 1.29 is 18.1 Å². The third kappa shape index (κ3) is 6.94. The zero-order valence-electron chi connectivity index (χ0n) is 14.3. The van der Waals surface area contributed by atoms with Crippen molar-refractivity contribution in [3.05, 3.63) is 34.4 Å². The quantitative estimate of drug-likeness (QED) is 0.470. The van der Waals surface area contributed by atoms with E-state index in [1.54, 1.807) is 0 Å². The van der Waals surface area contributed by atoms with E-state index in [1.165, 1.54) is 25.2 Å². The number of amides is 1. The maximum atomic E-state index is 12.4. The molecule has 1 aromatic carbocycles. The van der Waals surface area contributed by atoms with Gasteiger partial charge in [0.1, 0.15) is 0 Å². The number of rotatable bonds is 9. The Hall–Kier alpha value is -1.75. The maximum absolute atomic E-state index is 12.4. The van der Waals surface area contributed by atoms with E-state index in [0.717, 1.165) is 16.9 Å². The molecule has 1 atom stereocenters. The normalized spacial score (nSPS) is 12.3. The molecular formula is C14H23ClN4O5S. The van der Waals surface area contributed by atoms with Crippen molar-refractivity contribution in [3.8, 4) is 0 Å². The number of hydrogen-bond acceptors (Lipinski definition) is 6. The fourth-order valence-corrected chi connectivity index (χ4v) is 3.14. The molecule has 0 aliphatic carbocycles. The summed E-state index contributed by atoms with van der Waals surface area (Å²) < 4.78 is 25.6. The summed E-state index contributed by atoms with van der Waals surface area (Å²) in [6.07, 6.45) is 0. The minimum absolute atomic E-state index is 0. The number of hydrogen-bond donors (Lipinski definition) is 2. The van der Waals surface area contributed by atoms with Crippen LogP contribution in [0.5, 0.6) is 0 Å². The Morgan fingerprint density at radius 2 is 2.04 bits per heavy atom. The molecule has 0 spiro atoms. The molecule has 1 aromatic rings. The molecule has 0 radical (unpaired) electrons. The molecule has 9 nitrogen and oxygen atoms in total. The van der Waals surface area contributed by atoms with Gasteiger partial charge in [-0.1, -0.05) is 13.0 Å². The van der Waals surface area contributed by atoms with Crippen LogP contribution in [-0.2, 0) is 14.8 Å². The van der Waals surface area contributed by atoms with Gasteiger partial charge in [-0.15, -0.1) is 12.4 Å². The summed E-state index contributed by atoms with van der Waals surface area (Å²) in [6.45, 7) is 4.60. The lowest BCUT2D eigenvalue weighted by Crippen LogP contribution is -2.43. The molecule has 0 aliphatic heterocycles. The van der Waals surface area contributed by atoms with E-state index in [9.17, 15) is 23.3 Å². The molecule has 0 heterocycles. The second-order valence-corrected chi connectivity index (χ2v) is 7.32. The second-order valence-electron chi connectivity index (χ2n) is 5.28. The van der Waals surface area contributed by atoms with Crippen molar-refractivity contribution >= 4 is 34.0 Å². The largest absolute Gasteiger partial charge is 0.353 e. The summed E-state index contributed by atoms with van der Waals surface area (Å²) in [5, 5.41) is 16.5. The number of carbonyl (C=O) groups is 1. The molecule has 0 fully saturated rings. The lowest BCUT2D eigenvalue weighted by molar-refractivity contribution is -0.385. The molecule has 11 heteroatoms. The zero-order chi connectivity index (χ0) is 18.3. The SMILES string of the molecule is CCN[C@H](C)CNC(=O)CN(C)S(=O)(=O)c1cccc([N+](=O)[O-])c1.Cl. The first-order valence-electron chi connectivity index (χ1n) is 7.39. The summed E-state index contributed by atoms with van der Waals surface area (Å²) >= 11 is 0. The number of nitrogens with one attached hydrogen (secondary N) is 2. The lowest BCUT2D eigenvalue weighted by Gasteiger charge is -2.18. The monoisotopic (exact) mass is 394 g/mol. The Morgan fingerprint density at radius 1 is 1.40 bits per heavy atom. The average molecular weight is 395 g/mol. The minimum Gasteiger partial charge on any atom is -0.353 e. The van der Waals surface area contributed by atoms with Gasteiger partial charge in [-0.3, -0.25) is 14.9 Å². The number of nitro benzene ring substituents is 1. The van der Waals surface area contributed by atoms with Gasteiger partial charge in [-0.2, -0.15) is 4.31 Å². The predicted molar refractivity (Wildman–Crippen MR) is 96.3 cm³/mol. The van der Waals surface area contributed by atoms with E-state index in [2.05, 4.69) is 10.6 Å². The van der Waals surface area contributed by atoms with Gasteiger partial charge in [0.05, 0.1) is 16.4 Å². The Morgan fingerprint density at radius 3 is 2.60 bits per heavy atom. The van der Waals surface area contributed by atoms with Crippen LogP contribution in [0.15, 0.2) is 29.2 Å². The fraction of sp³-hybridized carbons (Fsp3) is 0.500. The van der Waals surface area contributed by atoms with E-state index in [4.69, 9.17) is 0 Å². The van der Waals surface area contributed by atoms with Crippen molar-refractivity contribution in [2.24, 2.45) is 0 Å². The van der Waals surface area contributed by atoms with Crippen LogP contribution in [0.25, 0.3) is 0 Å². The molecular weight excluding hydrogens is 372 g/mol. The standard InChI is InChI=1S/C14H22N4O5S.ClH/c1-4-15-11(2)9-16-14(19)10-17(3)24(22,23)13-7-5-6-12(8-13)18(20)21;/h5-8,11,15H,4,9-10H2,1-3H3,(H,16,19);1H/t11-;/m1./s1. The van der Waals surface area contributed by atoms with E-state index in [-0.39, 0.29) is 35.6 Å². The second kappa shape index (κ2) is 10.3. The van der Waals surface area contributed by atoms with Crippen molar-refractivity contribution in [1.82, 2.24) is 14.9 Å². The Bertz CT molecular complexity index is 698. The molecule has 142 valence electrons. The smallest absolute Gasteiger partial charge is 0.270 e. The van der Waals surface area contributed by atoms with Crippen LogP contribution in [0.2, 0.25) is 0 Å². The number of carbonyl (C=O) groups excluding carboxylic acids is 1. The summed E-state index contributed by atoms with van der Waals surface area (Å²) in [5.41, 5.74) is -0.326. The number of non-ortho nitro benzene ring substituents is 1. The van der Waals surface area contributed by atoms with Gasteiger partial charge in [-0.25, -0.2) is 8.42 Å². The minimum atomic E-state index is -3.99. The van der Waals surface area contributed by atoms with Crippen molar-refractivity contribution in [2.75, 3.05) is 26.7 Å². The predicted octanol–water partition coefficient (Wildman–Crippen LogP) is 0.751. The van der Waals surface area contributed by atoms with Crippen LogP contribution >= 0.6 is 12.4 Å². The van der Waals surface area contributed by atoms with Crippen LogP contribution in [0.1, 0.15) is 13.8 Å². The molecule has 0 unspecified atom stereocenters. The third-order valence-corrected chi connectivity index (χ3v) is 5.06. The first kappa shape index (κ1) is 23.2. The highest BCUT2D eigenvalue weighted by Crippen LogP contribution is 2.19. The van der Waals surface area contributed by atoms with Gasteiger partial charge in [0.15, 0.2) is 0 Å². The number of halogens is 1. The van der Waals surface area contributed by atoms with E-state index < -0.39 is 20.9 Å². The van der Waals surface area contributed by atoms with Gasteiger partial charge < -0.3 is 10.6 Å². The summed E-state index contributed by atoms with van der Waals surface area (Å²) in [5.74, 6) is -0.448. The van der Waals surface area contributed by atoms with Gasteiger partial charge in [-0.05, 0) is 19.5 Å². The van der Waals surface area contributed by atoms with Crippen LogP contribution in [0.4, 0.5) is 5.69 Å². The number of nitrogens with zero attached hydrogens (tertiary/aromatic N) is 2. The maximum Gasteiger partial charge on any atom is 0.270 e. The molecule has 2 N–H and O–H groups in total. The lowest BCUT2D eigenvalue weighted by atomic mass is 10.3. The number of benzene rings is 1. The molecule has 25 heavy (non-hydrogen) atoms. The highest BCUT2D eigenvalue weighted by Gasteiger charge is 2.24. The first-order valence-corrected chi connectivity index (χ1v) is 8.83. The number of likely N-dealkylation sites (N-methyl/N-ethyl adjacent to an activating group) is 2. The summed E-state index contributed by atoms with van der Waals surface area (Å²) in [7, 11) is -2.73. The molecule has 0 aromatic heterocycles. The van der Waals surface area contributed by atoms with Crippen molar-refractivity contribution in [1.29, 1.82) is 0 Å².